The largest absolute Gasteiger partial charge is 0.457 e. The summed E-state index contributed by atoms with van der Waals surface area (Å²) in [5, 5.41) is 0. The summed E-state index contributed by atoms with van der Waals surface area (Å²) in [7, 11) is 0. The minimum Gasteiger partial charge on any atom is -0.457 e. The van der Waals surface area contributed by atoms with Crippen LogP contribution in [0.1, 0.15) is 57.0 Å². The van der Waals surface area contributed by atoms with Crippen LogP contribution in [0, 0.1) is 23.7 Å². The maximum Gasteiger partial charge on any atom is 0.376 e. The highest BCUT2D eigenvalue weighted by Crippen LogP contribution is 2.60. The molecule has 1 saturated carbocycles. The molecule has 0 amide bonds. The molecule has 27 heavy (non-hydrogen) atoms. The van der Waals surface area contributed by atoms with Gasteiger partial charge in [-0.3, -0.25) is 0 Å². The standard InChI is InChI=1S/C20H26O7/c1-11-6-7-14-12(2)17(23-16(21)15-5-4-10-22-15)24-18-20(14)13(11)8-9-19(3,25-18)26-27-20/h4-5,10-14,17-18H,6-9H2,1-3H3/t11-,12-,13+,14+,17+,18-,19-,20-/m1/s1. The Morgan fingerprint density at radius 3 is 2.81 bits per heavy atom. The van der Waals surface area contributed by atoms with Gasteiger partial charge in [-0.25, -0.2) is 14.6 Å². The topological polar surface area (TPSA) is 76.4 Å². The van der Waals surface area contributed by atoms with Gasteiger partial charge in [-0.05, 0) is 50.2 Å². The van der Waals surface area contributed by atoms with E-state index in [1.54, 1.807) is 12.1 Å². The van der Waals surface area contributed by atoms with Crippen molar-refractivity contribution < 1.29 is 33.2 Å². The van der Waals surface area contributed by atoms with E-state index in [0.717, 1.165) is 25.7 Å². The minimum atomic E-state index is -0.840. The first-order chi connectivity index (χ1) is 12.9. The monoisotopic (exact) mass is 378 g/mol. The molecule has 5 aliphatic rings. The smallest absolute Gasteiger partial charge is 0.376 e. The maximum atomic E-state index is 12.4. The van der Waals surface area contributed by atoms with Crippen molar-refractivity contribution in [1.29, 1.82) is 0 Å². The van der Waals surface area contributed by atoms with Crippen molar-refractivity contribution in [3.63, 3.8) is 0 Å². The average Bonchev–Trinajstić information content (AvgIpc) is 3.09. The number of esters is 1. The molecule has 0 radical (unpaired) electrons. The van der Waals surface area contributed by atoms with E-state index >= 15 is 0 Å². The molecule has 4 saturated heterocycles. The highest BCUT2D eigenvalue weighted by Gasteiger charge is 2.69. The number of ether oxygens (including phenoxy) is 3. The third-order valence-electron chi connectivity index (χ3n) is 7.04. The van der Waals surface area contributed by atoms with Crippen molar-refractivity contribution in [2.45, 2.75) is 70.4 Å². The molecule has 6 rings (SSSR count). The summed E-state index contributed by atoms with van der Waals surface area (Å²) in [4.78, 5) is 24.3. The number of hydrogen-bond acceptors (Lipinski definition) is 7. The predicted molar refractivity (Wildman–Crippen MR) is 91.0 cm³/mol. The lowest BCUT2D eigenvalue weighted by atomic mass is 9.58. The molecule has 4 aliphatic heterocycles. The van der Waals surface area contributed by atoms with Crippen LogP contribution in [0.4, 0.5) is 0 Å². The van der Waals surface area contributed by atoms with Crippen molar-refractivity contribution in [3.05, 3.63) is 24.2 Å². The minimum absolute atomic E-state index is 0.0511. The molecule has 0 aromatic carbocycles. The number of furan rings is 1. The number of carbonyl (C=O) groups is 1. The van der Waals surface area contributed by atoms with Crippen molar-refractivity contribution in [2.24, 2.45) is 23.7 Å². The summed E-state index contributed by atoms with van der Waals surface area (Å²) < 4.78 is 23.3. The lowest BCUT2D eigenvalue weighted by molar-refractivity contribution is -0.576. The van der Waals surface area contributed by atoms with Crippen LogP contribution in [0.3, 0.4) is 0 Å². The number of hydrogen-bond donors (Lipinski definition) is 0. The zero-order valence-corrected chi connectivity index (χ0v) is 15.9. The van der Waals surface area contributed by atoms with E-state index in [4.69, 9.17) is 28.4 Å². The van der Waals surface area contributed by atoms with E-state index in [1.165, 1.54) is 6.26 Å². The Bertz CT molecular complexity index is 718. The van der Waals surface area contributed by atoms with Gasteiger partial charge in [0.15, 0.2) is 11.9 Å². The number of carbonyl (C=O) groups excluding carboxylic acids is 1. The van der Waals surface area contributed by atoms with Crippen LogP contribution < -0.4 is 0 Å². The molecular weight excluding hydrogens is 352 g/mol. The Labute approximate surface area is 158 Å². The number of fused-ring (bicyclic) bond motifs is 2. The maximum absolute atomic E-state index is 12.4. The molecule has 1 spiro atoms. The second kappa shape index (κ2) is 6.04. The van der Waals surface area contributed by atoms with Gasteiger partial charge in [0.1, 0.15) is 0 Å². The Morgan fingerprint density at radius 2 is 2.04 bits per heavy atom. The molecule has 1 aliphatic carbocycles. The third-order valence-corrected chi connectivity index (χ3v) is 7.04. The molecular formula is C20H26O7. The van der Waals surface area contributed by atoms with E-state index < -0.39 is 29.9 Å². The van der Waals surface area contributed by atoms with E-state index in [1.807, 2.05) is 13.8 Å². The van der Waals surface area contributed by atoms with Gasteiger partial charge in [0.2, 0.25) is 17.8 Å². The average molecular weight is 378 g/mol. The molecule has 7 heteroatoms. The van der Waals surface area contributed by atoms with Gasteiger partial charge in [0.05, 0.1) is 6.26 Å². The first kappa shape index (κ1) is 17.7. The van der Waals surface area contributed by atoms with Gasteiger partial charge in [0.25, 0.3) is 0 Å². The van der Waals surface area contributed by atoms with Gasteiger partial charge < -0.3 is 18.6 Å². The Hall–Kier alpha value is -1.41. The molecule has 1 aromatic heterocycles. The lowest BCUT2D eigenvalue weighted by Crippen LogP contribution is -2.70. The summed E-state index contributed by atoms with van der Waals surface area (Å²) >= 11 is 0. The Balaban J connectivity index is 1.47. The van der Waals surface area contributed by atoms with Crippen molar-refractivity contribution >= 4 is 5.97 Å². The summed E-state index contributed by atoms with van der Waals surface area (Å²) in [5.74, 6) is -0.358. The second-order valence-electron chi connectivity index (χ2n) is 8.66. The Morgan fingerprint density at radius 1 is 1.19 bits per heavy atom. The van der Waals surface area contributed by atoms with Crippen LogP contribution in [0.2, 0.25) is 0 Å². The second-order valence-corrected chi connectivity index (χ2v) is 8.66. The first-order valence-corrected chi connectivity index (χ1v) is 9.87. The highest BCUT2D eigenvalue weighted by atomic mass is 17.3. The summed E-state index contributed by atoms with van der Waals surface area (Å²) in [6.45, 7) is 6.19. The first-order valence-electron chi connectivity index (χ1n) is 9.87. The van der Waals surface area contributed by atoms with Gasteiger partial charge >= 0.3 is 5.97 Å². The van der Waals surface area contributed by atoms with Gasteiger partial charge in [-0.1, -0.05) is 13.8 Å². The predicted octanol–water partition coefficient (Wildman–Crippen LogP) is 3.64. The van der Waals surface area contributed by atoms with Gasteiger partial charge in [0, 0.05) is 18.3 Å². The van der Waals surface area contributed by atoms with E-state index in [9.17, 15) is 4.79 Å². The quantitative estimate of drug-likeness (QED) is 0.574. The lowest BCUT2D eigenvalue weighted by Gasteiger charge is -2.59. The third kappa shape index (κ3) is 2.52. The van der Waals surface area contributed by atoms with E-state index in [-0.39, 0.29) is 23.5 Å². The van der Waals surface area contributed by atoms with Gasteiger partial charge in [-0.15, -0.1) is 0 Å². The summed E-state index contributed by atoms with van der Waals surface area (Å²) in [6, 6.07) is 3.24. The Kier molecular flexibility index (Phi) is 3.95. The van der Waals surface area contributed by atoms with Crippen molar-refractivity contribution in [1.82, 2.24) is 0 Å². The molecule has 5 heterocycles. The zero-order chi connectivity index (χ0) is 18.8. The number of rotatable bonds is 2. The normalized spacial score (nSPS) is 48.6. The molecule has 8 atom stereocenters. The van der Waals surface area contributed by atoms with Crippen LogP contribution in [-0.2, 0) is 24.0 Å². The molecule has 1 aromatic rings. The van der Waals surface area contributed by atoms with Crippen LogP contribution in [0.5, 0.6) is 0 Å². The SMILES string of the molecule is C[C@H]1[C@@H](OC(=O)c2ccco2)O[C@@H]2O[C@@]3(C)CC[C@H]4[C@H](C)CC[C@@H]1[C@@]24OO3. The van der Waals surface area contributed by atoms with Crippen LogP contribution in [0.15, 0.2) is 22.8 Å². The fraction of sp³-hybridized carbons (Fsp3) is 0.750. The molecule has 7 nitrogen and oxygen atoms in total. The molecule has 5 fully saturated rings. The van der Waals surface area contributed by atoms with E-state index in [2.05, 4.69) is 6.92 Å². The van der Waals surface area contributed by atoms with E-state index in [0.29, 0.717) is 5.92 Å². The molecule has 148 valence electrons. The van der Waals surface area contributed by atoms with Crippen LogP contribution in [-0.4, -0.2) is 29.9 Å². The van der Waals surface area contributed by atoms with Crippen molar-refractivity contribution in [2.75, 3.05) is 0 Å². The summed E-state index contributed by atoms with van der Waals surface area (Å²) in [6.07, 6.45) is 3.89. The highest BCUT2D eigenvalue weighted by molar-refractivity contribution is 5.86. The molecule has 0 unspecified atom stereocenters. The zero-order valence-electron chi connectivity index (χ0n) is 15.9. The van der Waals surface area contributed by atoms with Crippen LogP contribution in [0.25, 0.3) is 0 Å². The van der Waals surface area contributed by atoms with Crippen molar-refractivity contribution in [3.8, 4) is 0 Å². The van der Waals surface area contributed by atoms with Crippen LogP contribution >= 0.6 is 0 Å². The fourth-order valence-corrected chi connectivity index (χ4v) is 5.56. The molecule has 0 N–H and O–H groups in total. The molecule has 2 bridgehead atoms. The van der Waals surface area contributed by atoms with Gasteiger partial charge in [-0.2, -0.15) is 0 Å². The fourth-order valence-electron chi connectivity index (χ4n) is 5.56. The summed E-state index contributed by atoms with van der Waals surface area (Å²) in [5.41, 5.74) is -0.652.